The third kappa shape index (κ3) is 3.93. The van der Waals surface area contributed by atoms with Gasteiger partial charge in [0.05, 0.1) is 0 Å². The summed E-state index contributed by atoms with van der Waals surface area (Å²) in [6, 6.07) is 13.9. The largest absolute Gasteiger partial charge is 0.489 e. The lowest BCUT2D eigenvalue weighted by Gasteiger charge is -2.11. The molecule has 5 heteroatoms. The number of halogens is 2. The molecule has 0 unspecified atom stereocenters. The fourth-order valence-electron chi connectivity index (χ4n) is 1.72. The van der Waals surface area contributed by atoms with Crippen LogP contribution in [0.3, 0.4) is 0 Å². The molecule has 2 aromatic rings. The first kappa shape index (κ1) is 14.3. The standard InChI is InChI=1S/C15H15F2NO2/c16-15(17)20-14-4-2-1-3-12(14)10-19-13-7-5-11(9-18)6-8-13/h1-8,15H,9-10,18H2. The molecule has 0 aliphatic heterocycles. The summed E-state index contributed by atoms with van der Waals surface area (Å²) >= 11 is 0. The summed E-state index contributed by atoms with van der Waals surface area (Å²) in [6.07, 6.45) is 0. The lowest BCUT2D eigenvalue weighted by molar-refractivity contribution is -0.0508. The van der Waals surface area contributed by atoms with Gasteiger partial charge in [-0.25, -0.2) is 0 Å². The molecule has 0 spiro atoms. The van der Waals surface area contributed by atoms with Gasteiger partial charge in [0.15, 0.2) is 0 Å². The van der Waals surface area contributed by atoms with Crippen molar-refractivity contribution in [3.05, 3.63) is 59.7 Å². The average Bonchev–Trinajstić information content (AvgIpc) is 2.46. The van der Waals surface area contributed by atoms with Gasteiger partial charge >= 0.3 is 6.61 Å². The molecule has 0 saturated heterocycles. The molecule has 0 bridgehead atoms. The van der Waals surface area contributed by atoms with Crippen molar-refractivity contribution < 1.29 is 18.3 Å². The van der Waals surface area contributed by atoms with Crippen molar-refractivity contribution in [1.29, 1.82) is 0 Å². The molecule has 0 fully saturated rings. The van der Waals surface area contributed by atoms with Crippen LogP contribution in [0.4, 0.5) is 8.78 Å². The molecule has 0 heterocycles. The topological polar surface area (TPSA) is 44.5 Å². The van der Waals surface area contributed by atoms with Gasteiger partial charge in [0.25, 0.3) is 0 Å². The Morgan fingerprint density at radius 3 is 2.35 bits per heavy atom. The van der Waals surface area contributed by atoms with Gasteiger partial charge in [0, 0.05) is 12.1 Å². The number of ether oxygens (including phenoxy) is 2. The highest BCUT2D eigenvalue weighted by Crippen LogP contribution is 2.22. The highest BCUT2D eigenvalue weighted by atomic mass is 19.3. The van der Waals surface area contributed by atoms with Crippen LogP contribution in [0, 0.1) is 0 Å². The number of nitrogens with two attached hydrogens (primary N) is 1. The predicted octanol–water partition coefficient (Wildman–Crippen LogP) is 3.33. The zero-order valence-corrected chi connectivity index (χ0v) is 10.8. The van der Waals surface area contributed by atoms with Gasteiger partial charge in [-0.1, -0.05) is 30.3 Å². The van der Waals surface area contributed by atoms with E-state index in [9.17, 15) is 8.78 Å². The van der Waals surface area contributed by atoms with Gasteiger partial charge in [-0.2, -0.15) is 8.78 Å². The van der Waals surface area contributed by atoms with Gasteiger partial charge in [-0.05, 0) is 23.8 Å². The second-order valence-corrected chi connectivity index (χ2v) is 4.12. The maximum atomic E-state index is 12.3. The van der Waals surface area contributed by atoms with Gasteiger partial charge in [0.2, 0.25) is 0 Å². The lowest BCUT2D eigenvalue weighted by Crippen LogP contribution is -2.06. The van der Waals surface area contributed by atoms with E-state index in [-0.39, 0.29) is 12.4 Å². The van der Waals surface area contributed by atoms with E-state index < -0.39 is 6.61 Å². The van der Waals surface area contributed by atoms with Gasteiger partial charge in [-0.15, -0.1) is 0 Å². The summed E-state index contributed by atoms with van der Waals surface area (Å²) in [5.74, 6) is 0.773. The maximum absolute atomic E-state index is 12.3. The summed E-state index contributed by atoms with van der Waals surface area (Å²) in [6.45, 7) is -2.23. The molecular formula is C15H15F2NO2. The summed E-state index contributed by atoms with van der Waals surface area (Å²) in [4.78, 5) is 0. The van der Waals surface area contributed by atoms with Crippen molar-refractivity contribution >= 4 is 0 Å². The van der Waals surface area contributed by atoms with E-state index in [1.165, 1.54) is 6.07 Å². The molecule has 0 saturated carbocycles. The Kier molecular flexibility index (Phi) is 4.90. The Morgan fingerprint density at radius 1 is 1.00 bits per heavy atom. The van der Waals surface area contributed by atoms with Gasteiger partial charge in [0.1, 0.15) is 18.1 Å². The van der Waals surface area contributed by atoms with Crippen LogP contribution in [0.15, 0.2) is 48.5 Å². The van der Waals surface area contributed by atoms with E-state index in [1.807, 2.05) is 12.1 Å². The minimum absolute atomic E-state index is 0.126. The van der Waals surface area contributed by atoms with E-state index in [2.05, 4.69) is 4.74 Å². The summed E-state index contributed by atoms with van der Waals surface area (Å²) in [7, 11) is 0. The zero-order valence-electron chi connectivity index (χ0n) is 10.8. The van der Waals surface area contributed by atoms with Crippen LogP contribution in [0.2, 0.25) is 0 Å². The number of hydrogen-bond acceptors (Lipinski definition) is 3. The third-order valence-electron chi connectivity index (χ3n) is 2.74. The predicted molar refractivity (Wildman–Crippen MR) is 71.7 cm³/mol. The second kappa shape index (κ2) is 6.86. The SMILES string of the molecule is NCc1ccc(OCc2ccccc2OC(F)F)cc1. The van der Waals surface area contributed by atoms with Gasteiger partial charge in [-0.3, -0.25) is 0 Å². The van der Waals surface area contributed by atoms with Crippen LogP contribution < -0.4 is 15.2 Å². The van der Waals surface area contributed by atoms with Crippen LogP contribution in [0.5, 0.6) is 11.5 Å². The van der Waals surface area contributed by atoms with E-state index in [4.69, 9.17) is 10.5 Å². The minimum Gasteiger partial charge on any atom is -0.489 e. The van der Waals surface area contributed by atoms with Crippen LogP contribution in [-0.4, -0.2) is 6.61 Å². The molecule has 0 radical (unpaired) electrons. The quantitative estimate of drug-likeness (QED) is 0.882. The molecule has 0 atom stereocenters. The summed E-state index contributed by atoms with van der Waals surface area (Å²) in [5.41, 5.74) is 7.07. The third-order valence-corrected chi connectivity index (χ3v) is 2.74. The molecule has 0 aromatic heterocycles. The van der Waals surface area contributed by atoms with Crippen molar-refractivity contribution in [2.45, 2.75) is 19.8 Å². The molecule has 0 amide bonds. The Hall–Kier alpha value is -2.14. The number of alkyl halides is 2. The first-order chi connectivity index (χ1) is 9.69. The molecule has 0 aliphatic rings. The molecule has 2 aromatic carbocycles. The fourth-order valence-corrected chi connectivity index (χ4v) is 1.72. The first-order valence-electron chi connectivity index (χ1n) is 6.13. The zero-order chi connectivity index (χ0) is 14.4. The van der Waals surface area contributed by atoms with Gasteiger partial charge < -0.3 is 15.2 Å². The van der Waals surface area contributed by atoms with Crippen molar-refractivity contribution in [1.82, 2.24) is 0 Å². The molecular weight excluding hydrogens is 264 g/mol. The molecule has 106 valence electrons. The Labute approximate surface area is 115 Å². The van der Waals surface area contributed by atoms with Crippen molar-refractivity contribution in [3.8, 4) is 11.5 Å². The number of hydrogen-bond donors (Lipinski definition) is 1. The van der Waals surface area contributed by atoms with Crippen molar-refractivity contribution in [2.24, 2.45) is 5.73 Å². The molecule has 0 aliphatic carbocycles. The highest BCUT2D eigenvalue weighted by molar-refractivity contribution is 5.34. The van der Waals surface area contributed by atoms with Crippen molar-refractivity contribution in [2.75, 3.05) is 0 Å². The van der Waals surface area contributed by atoms with Crippen molar-refractivity contribution in [3.63, 3.8) is 0 Å². The monoisotopic (exact) mass is 279 g/mol. The molecule has 3 nitrogen and oxygen atoms in total. The summed E-state index contributed by atoms with van der Waals surface area (Å²) < 4.78 is 34.5. The first-order valence-corrected chi connectivity index (χ1v) is 6.13. The lowest BCUT2D eigenvalue weighted by atomic mass is 10.2. The van der Waals surface area contributed by atoms with Crippen LogP contribution in [0.1, 0.15) is 11.1 Å². The smallest absolute Gasteiger partial charge is 0.387 e. The van der Waals surface area contributed by atoms with E-state index >= 15 is 0 Å². The second-order valence-electron chi connectivity index (χ2n) is 4.12. The Bertz CT molecular complexity index is 544. The van der Waals surface area contributed by atoms with E-state index in [0.717, 1.165) is 5.56 Å². The molecule has 2 rings (SSSR count). The maximum Gasteiger partial charge on any atom is 0.387 e. The van der Waals surface area contributed by atoms with Crippen LogP contribution >= 0.6 is 0 Å². The van der Waals surface area contributed by atoms with E-state index in [0.29, 0.717) is 17.9 Å². The summed E-state index contributed by atoms with van der Waals surface area (Å²) in [5, 5.41) is 0. The Morgan fingerprint density at radius 2 is 1.70 bits per heavy atom. The number of para-hydroxylation sites is 1. The van der Waals surface area contributed by atoms with Crippen LogP contribution in [0.25, 0.3) is 0 Å². The minimum atomic E-state index is -2.85. The molecule has 20 heavy (non-hydrogen) atoms. The molecule has 2 N–H and O–H groups in total. The number of rotatable bonds is 6. The highest BCUT2D eigenvalue weighted by Gasteiger charge is 2.09. The Balaban J connectivity index is 2.02. The fraction of sp³-hybridized carbons (Fsp3) is 0.200. The normalized spacial score (nSPS) is 10.6. The average molecular weight is 279 g/mol. The van der Waals surface area contributed by atoms with E-state index in [1.54, 1.807) is 30.3 Å². The van der Waals surface area contributed by atoms with Crippen LogP contribution in [-0.2, 0) is 13.2 Å². The number of benzene rings is 2.